The molecule has 0 saturated carbocycles. The Kier molecular flexibility index (Phi) is 35.7. The van der Waals surface area contributed by atoms with Crippen LogP contribution in [0, 0.1) is 20.8 Å². The second-order valence-electron chi connectivity index (χ2n) is 29.1. The molecule has 126 heavy (non-hydrogen) atoms. The van der Waals surface area contributed by atoms with Crippen molar-refractivity contribution in [3.63, 3.8) is 0 Å². The van der Waals surface area contributed by atoms with E-state index in [4.69, 9.17) is 45.0 Å². The van der Waals surface area contributed by atoms with Gasteiger partial charge in [0.25, 0.3) is 29.5 Å². The van der Waals surface area contributed by atoms with Crippen molar-refractivity contribution in [1.29, 1.82) is 0 Å². The first-order valence-electron chi connectivity index (χ1n) is 40.5. The minimum Gasteiger partial charge on any atom is -0.491 e. The molecule has 1 aliphatic heterocycles. The zero-order valence-electron chi connectivity index (χ0n) is 71.0. The number of ether oxygens (including phenoxy) is 6. The third kappa shape index (κ3) is 29.0. The Hall–Kier alpha value is -12.5. The number of rotatable bonds is 50. The van der Waals surface area contributed by atoms with Gasteiger partial charge in [0.15, 0.2) is 23.3 Å². The lowest BCUT2D eigenvalue weighted by molar-refractivity contribution is -0.146. The molecule has 8 heterocycles. The number of aliphatic imine (C=N–C) groups is 1. The Labute approximate surface area is 732 Å². The highest BCUT2D eigenvalue weighted by atomic mass is 35.5. The van der Waals surface area contributed by atoms with Crippen LogP contribution in [0.25, 0.3) is 5.00 Å². The van der Waals surface area contributed by atoms with Crippen molar-refractivity contribution >= 4 is 116 Å². The molecule has 1 aliphatic rings. The lowest BCUT2D eigenvalue weighted by atomic mass is 9.99. The van der Waals surface area contributed by atoms with Gasteiger partial charge in [-0.3, -0.25) is 62.4 Å². The third-order valence-electron chi connectivity index (χ3n) is 19.3. The van der Waals surface area contributed by atoms with Crippen LogP contribution in [0.15, 0.2) is 103 Å². The molecule has 10 rings (SSSR count). The molecule has 0 spiro atoms. The summed E-state index contributed by atoms with van der Waals surface area (Å²) in [6, 6.07) is 16.9. The van der Waals surface area contributed by atoms with Crippen molar-refractivity contribution < 1.29 is 89.5 Å². The zero-order valence-corrected chi connectivity index (χ0v) is 72.5. The van der Waals surface area contributed by atoms with Gasteiger partial charge in [0, 0.05) is 171 Å². The molecular weight excluding hydrogens is 1690 g/mol. The molecule has 0 aliphatic carbocycles. The Morgan fingerprint density at radius 3 is 1.52 bits per heavy atom. The number of halogens is 4. The molecule has 0 fully saturated rings. The highest BCUT2D eigenvalue weighted by Crippen LogP contribution is 2.40. The van der Waals surface area contributed by atoms with Gasteiger partial charge in [-0.2, -0.15) is 13.2 Å². The van der Waals surface area contributed by atoms with E-state index in [1.807, 2.05) is 35.8 Å². The molecule has 7 aromatic heterocycles. The predicted octanol–water partition coefficient (Wildman–Crippen LogP) is 6.28. The second-order valence-corrected chi connectivity index (χ2v) is 30.7. The van der Waals surface area contributed by atoms with E-state index in [2.05, 4.69) is 92.2 Å². The minimum absolute atomic E-state index is 0.00431. The van der Waals surface area contributed by atoms with Crippen LogP contribution in [0.2, 0.25) is 5.02 Å². The number of hydrogen-bond acceptors (Lipinski definition) is 24. The number of benzene rings is 2. The summed E-state index contributed by atoms with van der Waals surface area (Å²) in [5.74, 6) is -2.92. The van der Waals surface area contributed by atoms with Gasteiger partial charge in [-0.05, 0) is 87.7 Å². The molecule has 9 aromatic rings. The Morgan fingerprint density at radius 1 is 0.500 bits per heavy atom. The van der Waals surface area contributed by atoms with Crippen molar-refractivity contribution in [3.8, 4) is 10.8 Å². The smallest absolute Gasteiger partial charge is 0.401 e. The number of nitrogens with zero attached hydrogens (tertiary/aromatic N) is 13. The maximum Gasteiger partial charge on any atom is 0.401 e. The summed E-state index contributed by atoms with van der Waals surface area (Å²) < 4.78 is 83.4. The number of carbonyl (C=O) groups excluding carboxylic acids is 10. The van der Waals surface area contributed by atoms with Crippen molar-refractivity contribution in [2.45, 2.75) is 77.9 Å². The molecule has 0 saturated heterocycles. The fourth-order valence-corrected chi connectivity index (χ4v) is 14.3. The highest BCUT2D eigenvalue weighted by Gasteiger charge is 2.34. The lowest BCUT2D eigenvalue weighted by Gasteiger charge is -2.23. The molecule has 39 nitrogen and oxygen atoms in total. The van der Waals surface area contributed by atoms with Crippen molar-refractivity contribution in [2.75, 3.05) is 152 Å². The van der Waals surface area contributed by atoms with Crippen LogP contribution in [0.4, 0.5) is 41.9 Å². The SMILES string of the molecule is Cc1sc2c(c1C)C(c1ccc(Cl)cc1)=N[C@@H](CC(=O)Nc1ccc(OCCOCCOCCOCCOCCOCCC(=O)NCCCN(CCCNC(=O)CCNC(=O)c3nc(NC(=O)CCNC(=O)c4cc(NC(=O)c5nc(NC(=O)CCNC(=O)c6cc(NC(=O)c7nccn7C)cn6C)cn5C)cn4C)cn3C)CC(F)(F)F)cc1)c1nnc(C)n1-2. The van der Waals surface area contributed by atoms with Crippen molar-refractivity contribution in [1.82, 2.24) is 84.0 Å². The van der Waals surface area contributed by atoms with E-state index >= 15 is 0 Å². The molecule has 44 heteroatoms. The number of carbonyl (C=O) groups is 10. The summed E-state index contributed by atoms with van der Waals surface area (Å²) in [5.41, 5.74) is 5.30. The van der Waals surface area contributed by atoms with Crippen LogP contribution in [-0.4, -0.2) is 253 Å². The van der Waals surface area contributed by atoms with Gasteiger partial charge in [-0.1, -0.05) is 23.7 Å². The van der Waals surface area contributed by atoms with Crippen LogP contribution in [0.3, 0.4) is 0 Å². The number of imidazole rings is 3. The van der Waals surface area contributed by atoms with E-state index in [-0.39, 0.29) is 169 Å². The normalized spacial score (nSPS) is 12.4. The first kappa shape index (κ1) is 95.7. The highest BCUT2D eigenvalue weighted by molar-refractivity contribution is 7.15. The van der Waals surface area contributed by atoms with E-state index in [9.17, 15) is 61.1 Å². The number of hydrogen-bond donors (Lipinski definition) is 10. The summed E-state index contributed by atoms with van der Waals surface area (Å²) in [4.78, 5) is 149. The molecule has 0 bridgehead atoms. The summed E-state index contributed by atoms with van der Waals surface area (Å²) in [7, 11) is 7.92. The predicted molar refractivity (Wildman–Crippen MR) is 459 cm³/mol. The molecule has 676 valence electrons. The molecule has 10 N–H and O–H groups in total. The van der Waals surface area contributed by atoms with E-state index < -0.39 is 66.0 Å². The monoisotopic (exact) mass is 1790 g/mol. The van der Waals surface area contributed by atoms with E-state index in [0.29, 0.717) is 86.7 Å². The van der Waals surface area contributed by atoms with Crippen LogP contribution in [0.1, 0.15) is 137 Å². The van der Waals surface area contributed by atoms with Gasteiger partial charge >= 0.3 is 6.18 Å². The molecule has 2 aromatic carbocycles. The number of aryl methyl sites for hydroxylation is 7. The molecule has 1 atom stereocenters. The number of aromatic nitrogens is 11. The fraction of sp³-hybridized carbons (Fsp3) is 0.439. The number of fused-ring (bicyclic) bond motifs is 3. The second kappa shape index (κ2) is 47.0. The summed E-state index contributed by atoms with van der Waals surface area (Å²) >= 11 is 7.90. The number of anilines is 5. The fourth-order valence-electron chi connectivity index (χ4n) is 13.0. The van der Waals surface area contributed by atoms with Gasteiger partial charge in [0.1, 0.15) is 40.6 Å². The molecule has 0 radical (unpaired) electrons. The van der Waals surface area contributed by atoms with E-state index in [1.54, 1.807) is 73.7 Å². The maximum atomic E-state index is 13.6. The van der Waals surface area contributed by atoms with Crippen LogP contribution in [0.5, 0.6) is 5.75 Å². The first-order valence-corrected chi connectivity index (χ1v) is 41.7. The number of thiophene rings is 1. The standard InChI is InChI=1S/C82H103ClF3N23O16S/c1-51-52(2)126-81-70(51)71(54-11-13-55(83)14-12-54)96-60(72-102-101-53(3)109(72)81)45-69(114)93-56-15-17-59(18-16-56)125-42-41-124-40-39-123-38-37-122-36-35-121-34-33-120-32-22-66(111)88-24-10-30-108(50-82(84,85)86)29-9-23-87-65(110)19-25-92-78(117)74-99-63(48-106(74)7)97-67(112)20-26-91-77(116)62-44-58(47-105(62)6)95-80(119)75-100-64(49-107(75)8)98-68(113)21-27-90-76(115)61-43-57(46-104(61)5)94-79(118)73-89-28-31-103(73)4/h11-18,28,31,43-44,46-49,60H,9-10,19-27,29-30,32-42,45,50H2,1-8H3,(H,87,110)(H,88,111)(H,90,115)(H,91,116)(H,92,117)(H,93,114)(H,94,118)(H,95,119)(H,97,112)(H,98,113)/t60-/m0/s1. The lowest BCUT2D eigenvalue weighted by Crippen LogP contribution is -2.38. The summed E-state index contributed by atoms with van der Waals surface area (Å²) in [5, 5.41) is 37.2. The Bertz CT molecular complexity index is 5290. The maximum absolute atomic E-state index is 13.6. The van der Waals surface area contributed by atoms with Crippen molar-refractivity contribution in [3.05, 3.63) is 165 Å². The van der Waals surface area contributed by atoms with E-state index in [0.717, 1.165) is 32.3 Å². The molecule has 10 amide bonds. The van der Waals surface area contributed by atoms with Gasteiger partial charge in [-0.25, -0.2) is 15.0 Å². The minimum atomic E-state index is -4.49. The summed E-state index contributed by atoms with van der Waals surface area (Å²) in [6.45, 7) is 8.13. The quantitative estimate of drug-likeness (QED) is 0.0188. The third-order valence-corrected chi connectivity index (χ3v) is 20.7. The zero-order chi connectivity index (χ0) is 90.4. The molecular formula is C82H103ClF3N23O16S. The Balaban J connectivity index is 0.495. The van der Waals surface area contributed by atoms with E-state index in [1.165, 1.54) is 74.2 Å². The van der Waals surface area contributed by atoms with Gasteiger partial charge < -0.3 is 104 Å². The number of amides is 10. The van der Waals surface area contributed by atoms with Crippen LogP contribution >= 0.6 is 22.9 Å². The van der Waals surface area contributed by atoms with Crippen LogP contribution < -0.4 is 57.9 Å². The number of alkyl halides is 3. The summed E-state index contributed by atoms with van der Waals surface area (Å²) in [6.07, 6.45) is 4.48. The molecule has 0 unspecified atom stereocenters. The van der Waals surface area contributed by atoms with Gasteiger partial charge in [0.05, 0.1) is 96.1 Å². The topological polar surface area (TPSA) is 456 Å². The van der Waals surface area contributed by atoms with Crippen molar-refractivity contribution in [2.24, 2.45) is 40.2 Å². The Morgan fingerprint density at radius 2 is 0.992 bits per heavy atom. The van der Waals surface area contributed by atoms with Gasteiger partial charge in [0.2, 0.25) is 41.2 Å². The largest absolute Gasteiger partial charge is 0.491 e. The number of nitrogens with one attached hydrogen (secondary N) is 10. The van der Waals surface area contributed by atoms with Gasteiger partial charge in [-0.15, -0.1) is 21.5 Å². The average Bonchev–Trinajstić information content (AvgIpc) is 1.59. The van der Waals surface area contributed by atoms with Crippen LogP contribution in [-0.2, 0) is 82.9 Å². The average molecular weight is 1790 g/mol. The first-order chi connectivity index (χ1) is 60.4.